The zero-order chi connectivity index (χ0) is 57.8. The Labute approximate surface area is 461 Å². The molecule has 7 amide bonds. The summed E-state index contributed by atoms with van der Waals surface area (Å²) in [5.74, 6) is -11.0. The molecule has 2 aliphatic heterocycles. The Kier molecular flexibility index (Phi) is 20.7. The van der Waals surface area contributed by atoms with Crippen LogP contribution in [0, 0.1) is 38.0 Å². The van der Waals surface area contributed by atoms with Gasteiger partial charge in [0, 0.05) is 47.0 Å². The third-order valence-electron chi connectivity index (χ3n) is 15.1. The summed E-state index contributed by atoms with van der Waals surface area (Å²) in [6.45, 7) is 9.23. The minimum atomic E-state index is -1.93. The summed E-state index contributed by atoms with van der Waals surface area (Å²) >= 11 is 5.98. The monoisotopic (exact) mass is 1120 g/mol. The highest BCUT2D eigenvalue weighted by atomic mass is 35.5. The van der Waals surface area contributed by atoms with Crippen LogP contribution in [0.5, 0.6) is 0 Å². The molecular weight excluding hydrogens is 1050 g/mol. The van der Waals surface area contributed by atoms with Crippen molar-refractivity contribution < 1.29 is 58.1 Å². The third-order valence-corrected chi connectivity index (χ3v) is 15.4. The summed E-state index contributed by atoms with van der Waals surface area (Å²) in [4.78, 5) is 141. The summed E-state index contributed by atoms with van der Waals surface area (Å²) < 4.78 is 6.41. The first-order chi connectivity index (χ1) is 37.5. The van der Waals surface area contributed by atoms with Crippen LogP contribution in [-0.2, 0) is 38.3 Å². The first-order valence-electron chi connectivity index (χ1n) is 26.4. The average Bonchev–Trinajstić information content (AvgIpc) is 4.08. The van der Waals surface area contributed by atoms with Gasteiger partial charge in [0.25, 0.3) is 5.91 Å². The van der Waals surface area contributed by atoms with Gasteiger partial charge in [-0.15, -0.1) is 0 Å². The highest BCUT2D eigenvalue weighted by Crippen LogP contribution is 2.37. The van der Waals surface area contributed by atoms with E-state index in [4.69, 9.17) is 16.3 Å². The van der Waals surface area contributed by atoms with E-state index in [1.807, 2.05) is 0 Å². The predicted octanol–water partition coefficient (Wildman–Crippen LogP) is 3.41. The lowest BCUT2D eigenvalue weighted by Gasteiger charge is -2.34. The fraction of sp³-hybridized carbons (Fsp3) is 0.519. The number of amides is 7. The molecule has 24 nitrogen and oxygen atoms in total. The molecule has 2 aromatic carbocycles. The van der Waals surface area contributed by atoms with Crippen LogP contribution < -0.4 is 31.9 Å². The molecule has 3 fully saturated rings. The zero-order valence-electron chi connectivity index (χ0n) is 44.7. The van der Waals surface area contributed by atoms with E-state index in [0.29, 0.717) is 22.3 Å². The van der Waals surface area contributed by atoms with Crippen LogP contribution in [0.2, 0.25) is 5.15 Å². The molecule has 14 atom stereocenters. The van der Waals surface area contributed by atoms with E-state index >= 15 is 9.59 Å². The normalized spacial score (nSPS) is 26.7. The molecule has 1 aromatic heterocycles. The fourth-order valence-electron chi connectivity index (χ4n) is 10.1. The smallest absolute Gasteiger partial charge is 0.329 e. The number of nitrogens with zero attached hydrogens (tertiary/aromatic N) is 4. The summed E-state index contributed by atoms with van der Waals surface area (Å²) in [7, 11) is 0. The number of hydrogen-bond donors (Lipinski definition) is 7. The van der Waals surface area contributed by atoms with E-state index in [1.165, 1.54) is 17.9 Å². The largest absolute Gasteiger partial charge is 0.458 e. The molecule has 1 saturated carbocycles. The van der Waals surface area contributed by atoms with E-state index in [-0.39, 0.29) is 43.8 Å². The number of hydrogen-bond acceptors (Lipinski definition) is 14. The number of nitrogens with one attached hydrogen (secondary N) is 6. The number of halogens is 1. The Hall–Kier alpha value is -7.89. The van der Waals surface area contributed by atoms with Crippen molar-refractivity contribution in [3.8, 4) is 0 Å². The molecule has 2 saturated heterocycles. The molecule has 7 N–H and O–H groups in total. The van der Waals surface area contributed by atoms with E-state index in [1.54, 1.807) is 107 Å². The molecule has 3 aliphatic rings. The Morgan fingerprint density at radius 1 is 0.835 bits per heavy atom. The molecule has 6 rings (SSSR count). The number of ether oxygens (including phenoxy) is 1. The first-order valence-corrected chi connectivity index (χ1v) is 26.8. The van der Waals surface area contributed by atoms with Crippen molar-refractivity contribution in [2.75, 3.05) is 13.1 Å². The van der Waals surface area contributed by atoms with Crippen molar-refractivity contribution >= 4 is 58.9 Å². The lowest BCUT2D eigenvalue weighted by atomic mass is 9.90. The zero-order valence-corrected chi connectivity index (χ0v) is 45.5. The van der Waals surface area contributed by atoms with Gasteiger partial charge in [-0.1, -0.05) is 119 Å². The van der Waals surface area contributed by atoms with Gasteiger partial charge in [0.05, 0.1) is 0 Å². The molecule has 79 heavy (non-hydrogen) atoms. The first kappa shape index (κ1) is 60.3. The second-order valence-corrected chi connectivity index (χ2v) is 21.0. The van der Waals surface area contributed by atoms with Crippen molar-refractivity contribution in [2.45, 2.75) is 146 Å². The highest BCUT2D eigenvalue weighted by Gasteiger charge is 2.51. The van der Waals surface area contributed by atoms with Crippen molar-refractivity contribution in [1.82, 2.24) is 41.5 Å². The number of esters is 1. The SMILES string of the molecule is C/C=C\[C@H]1C[C@H]2C(=O)O[C@H](C)[C@@H](NC(=O)[C@H](C[C@@H]3C[C@H]3[N+](=O)[O-])NC(=O)c3ccc(Cl)n3O)C(=O)NC([C@H](C)c3ccccc3)C(=O)N[C@H](CCC[N+](=O)[O-])C(=O)N[C@@H]([C@H](C)c3ccccc3)C(=O)N[C@@H]([C@@H](C)CC)C(=O)N2C1. The lowest BCUT2D eigenvalue weighted by molar-refractivity contribution is -0.498. The molecule has 426 valence electrons. The van der Waals surface area contributed by atoms with Crippen molar-refractivity contribution in [1.29, 1.82) is 0 Å². The van der Waals surface area contributed by atoms with E-state index in [9.17, 15) is 54.2 Å². The fourth-order valence-corrected chi connectivity index (χ4v) is 10.3. The predicted molar refractivity (Wildman–Crippen MR) is 285 cm³/mol. The van der Waals surface area contributed by atoms with Crippen LogP contribution in [0.3, 0.4) is 0 Å². The Morgan fingerprint density at radius 2 is 1.42 bits per heavy atom. The van der Waals surface area contributed by atoms with E-state index in [2.05, 4.69) is 31.9 Å². The number of rotatable bonds is 18. The molecular formula is C54H69ClN10O14. The van der Waals surface area contributed by atoms with Gasteiger partial charge in [0.2, 0.25) is 48.0 Å². The molecule has 1 unspecified atom stereocenters. The lowest BCUT2D eigenvalue weighted by Crippen LogP contribution is -2.62. The maximum Gasteiger partial charge on any atom is 0.329 e. The second-order valence-electron chi connectivity index (χ2n) is 20.6. The molecule has 0 radical (unpaired) electrons. The van der Waals surface area contributed by atoms with Gasteiger partial charge in [-0.05, 0) is 68.2 Å². The van der Waals surface area contributed by atoms with Crippen LogP contribution in [0.4, 0.5) is 0 Å². The second kappa shape index (κ2) is 27.1. The quantitative estimate of drug-likeness (QED) is 0.0316. The summed E-state index contributed by atoms with van der Waals surface area (Å²) in [6, 6.07) is 7.62. The Morgan fingerprint density at radius 3 is 1.95 bits per heavy atom. The van der Waals surface area contributed by atoms with Crippen LogP contribution in [-0.4, -0.2) is 140 Å². The van der Waals surface area contributed by atoms with Crippen LogP contribution in [0.1, 0.15) is 114 Å². The number of carbonyl (C=O) groups excluding carboxylic acids is 8. The third kappa shape index (κ3) is 15.2. The number of fused-ring (bicyclic) bond motifs is 1. The summed E-state index contributed by atoms with van der Waals surface area (Å²) in [5.41, 5.74) is 0.706. The molecule has 0 bridgehead atoms. The number of carbonyl (C=O) groups is 8. The number of cyclic esters (lactones) is 1. The maximum absolute atomic E-state index is 15.1. The van der Waals surface area contributed by atoms with Crippen LogP contribution in [0.25, 0.3) is 0 Å². The van der Waals surface area contributed by atoms with Gasteiger partial charge in [-0.2, -0.15) is 4.73 Å². The molecule has 25 heteroatoms. The number of nitro groups is 2. The minimum Gasteiger partial charge on any atom is -0.458 e. The highest BCUT2D eigenvalue weighted by molar-refractivity contribution is 6.30. The maximum atomic E-state index is 15.1. The van der Waals surface area contributed by atoms with Gasteiger partial charge in [0.1, 0.15) is 59.2 Å². The van der Waals surface area contributed by atoms with Gasteiger partial charge in [0.15, 0.2) is 0 Å². The van der Waals surface area contributed by atoms with Gasteiger partial charge in [-0.25, -0.2) is 4.79 Å². The number of aromatic nitrogens is 1. The van der Waals surface area contributed by atoms with Gasteiger partial charge >= 0.3 is 5.97 Å². The Balaban J connectivity index is 1.48. The standard InChI is InChI=1S/C54H69ClN10O14/c1-7-16-33-25-41-54(73)79-32(6)46(61-48(67)38(26-36-27-40(36)65(77)78)57-49(68)39-22-23-42(55)64(39)76)52(71)60-44(30(4)34-17-11-9-12-18-34)50(69)56-37(21-15-24-63(74)75)47(66)59-45(31(5)35-19-13-10-14-20-35)51(70)58-43(29(3)8-2)53(72)62(41)28-33/h7,9-14,16-20,22-23,29-33,36-38,40-41,43-46,76H,8,15,21,24-28H2,1-6H3,(H,56,69)(H,57,68)(H,58,70)(H,59,66)(H,60,71)(H,61,67)/b16-7-/t29-,30+,31+,32+,33-,36+,37+,38-,40+,41-,43-,44?,45-,46+/m0/s1. The van der Waals surface area contributed by atoms with Crippen LogP contribution in [0.15, 0.2) is 84.9 Å². The van der Waals surface area contributed by atoms with Crippen molar-refractivity contribution in [3.05, 3.63) is 127 Å². The topological polar surface area (TPSA) is 333 Å². The molecule has 3 aromatic rings. The average molecular weight is 1120 g/mol. The summed E-state index contributed by atoms with van der Waals surface area (Å²) in [5, 5.41) is 49.6. The van der Waals surface area contributed by atoms with Gasteiger partial charge < -0.3 is 46.7 Å². The van der Waals surface area contributed by atoms with E-state index < -0.39 is 153 Å². The molecule has 0 spiro atoms. The molecule has 3 heterocycles. The minimum absolute atomic E-state index is 0.00382. The number of allylic oxidation sites excluding steroid dienone is 1. The van der Waals surface area contributed by atoms with Crippen molar-refractivity contribution in [2.24, 2.45) is 17.8 Å². The number of benzene rings is 2. The molecule has 1 aliphatic carbocycles. The van der Waals surface area contributed by atoms with Gasteiger partial charge in [-0.3, -0.25) is 53.8 Å². The Bertz CT molecular complexity index is 2760. The summed E-state index contributed by atoms with van der Waals surface area (Å²) in [6.07, 6.45) is 1.47. The van der Waals surface area contributed by atoms with Crippen molar-refractivity contribution in [3.63, 3.8) is 0 Å². The van der Waals surface area contributed by atoms with E-state index in [0.717, 1.165) is 6.07 Å². The van der Waals surface area contributed by atoms with Crippen LogP contribution >= 0.6 is 11.6 Å².